The Balaban J connectivity index is 3.19. The molecule has 0 amide bonds. The Hall–Kier alpha value is 0.862. The van der Waals surface area contributed by atoms with Gasteiger partial charge in [-0.25, -0.2) is 0 Å². The van der Waals surface area contributed by atoms with Crippen LogP contribution in [0.5, 0.6) is 0 Å². The Labute approximate surface area is 77.9 Å². The van der Waals surface area contributed by atoms with Crippen molar-refractivity contribution >= 4 is 48.7 Å². The fraction of sp³-hybridized carbons (Fsp3) is 0.250. The summed E-state index contributed by atoms with van der Waals surface area (Å²) in [7, 11) is 0. The topological polar surface area (TPSA) is 17.8 Å². The molecule has 1 rings (SSSR count). The van der Waals surface area contributed by atoms with Crippen LogP contribution in [0, 0.1) is 10.6 Å². The van der Waals surface area contributed by atoms with Gasteiger partial charge in [0.2, 0.25) is 0 Å². The average Bonchev–Trinajstić information content (AvgIpc) is 1.98. The van der Waals surface area contributed by atoms with Crippen molar-refractivity contribution in [2.45, 2.75) is 6.92 Å². The molecule has 0 saturated carbocycles. The minimum atomic E-state index is 0.857. The number of imidazole rings is 1. The van der Waals surface area contributed by atoms with E-state index in [9.17, 15) is 0 Å². The maximum absolute atomic E-state index is 4.11. The monoisotopic (exact) mass is 412 g/mol. The van der Waals surface area contributed by atoms with E-state index in [1.165, 1.54) is 5.69 Å². The number of halogens is 1. The first-order chi connectivity index (χ1) is 3.72. The van der Waals surface area contributed by atoms with Crippen molar-refractivity contribution in [1.82, 2.24) is 7.36 Å². The summed E-state index contributed by atoms with van der Waals surface area (Å²) in [6.45, 7) is 2.09. The Morgan fingerprint density at radius 3 is 2.62 bits per heavy atom. The van der Waals surface area contributed by atoms with E-state index in [4.69, 9.17) is 0 Å². The summed E-state index contributed by atoms with van der Waals surface area (Å²) in [6, 6.07) is 0. The second kappa shape index (κ2) is 2.63. The van der Waals surface area contributed by atoms with Crippen LogP contribution in [-0.4, -0.2) is 33.4 Å². The van der Waals surface area contributed by atoms with Gasteiger partial charge in [-0.1, -0.05) is 0 Å². The molecule has 0 radical (unpaired) electrons. The van der Waals surface area contributed by atoms with E-state index < -0.39 is 0 Å². The van der Waals surface area contributed by atoms with Crippen molar-refractivity contribution in [3.63, 3.8) is 0 Å². The van der Waals surface area contributed by atoms with Crippen LogP contribution in [0.25, 0.3) is 0 Å². The quantitative estimate of drug-likeness (QED) is 0.455. The second-order valence-corrected chi connectivity index (χ2v) is 4.71. The first-order valence-electron chi connectivity index (χ1n) is 2.16. The summed E-state index contributed by atoms with van der Waals surface area (Å²) >= 11 is 3.10. The molecule has 0 spiro atoms. The predicted octanol–water partition coefficient (Wildman–Crippen LogP) is 0.728. The van der Waals surface area contributed by atoms with E-state index in [0.717, 1.165) is 29.8 Å². The summed E-state index contributed by atoms with van der Waals surface area (Å²) in [4.78, 5) is 4.11. The minimum absolute atomic E-state index is 0.857. The van der Waals surface area contributed by atoms with E-state index in [1.807, 2.05) is 6.33 Å². The summed E-state index contributed by atoms with van der Waals surface area (Å²) in [5.74, 6) is 0. The van der Waals surface area contributed by atoms with E-state index in [2.05, 4.69) is 36.9 Å². The molecule has 0 aliphatic rings. The Morgan fingerprint density at radius 1 is 1.88 bits per heavy atom. The molecule has 0 atom stereocenters. The summed E-state index contributed by atoms with van der Waals surface area (Å²) in [5.41, 5.74) is 1.30. The fourth-order valence-electron chi connectivity index (χ4n) is 0.399. The first-order valence-corrected chi connectivity index (χ1v) is 5.25. The molecule has 0 aliphatic carbocycles. The molecular weight excluding hydrogens is 407 g/mol. The molecule has 2 nitrogen and oxygen atoms in total. The number of nitrogens with zero attached hydrogens (tertiary/aromatic N) is 2. The molecule has 0 aliphatic heterocycles. The molecule has 0 saturated heterocycles. The second-order valence-electron chi connectivity index (χ2n) is 1.53. The molecule has 40 valence electrons. The van der Waals surface area contributed by atoms with Gasteiger partial charge in [-0.15, -0.1) is 0 Å². The van der Waals surface area contributed by atoms with Gasteiger partial charge >= 0.3 is 78.7 Å². The van der Waals surface area contributed by atoms with Gasteiger partial charge in [0.25, 0.3) is 0 Å². The van der Waals surface area contributed by atoms with Crippen molar-refractivity contribution in [2.24, 2.45) is 0 Å². The summed E-state index contributed by atoms with van der Waals surface area (Å²) in [6.07, 6.45) is 1.89. The molecule has 1 aromatic rings. The number of aromatic nitrogens is 2. The fourth-order valence-corrected chi connectivity index (χ4v) is 2.56. The van der Waals surface area contributed by atoms with Crippen LogP contribution in [0.1, 0.15) is 5.69 Å². The normalized spacial score (nSPS) is 9.62. The molecule has 1 heterocycles. The molecule has 0 unspecified atom stereocenters. The van der Waals surface area contributed by atoms with Crippen LogP contribution in [0.3, 0.4) is 0 Å². The first kappa shape index (κ1) is 6.97. The van der Waals surface area contributed by atoms with Gasteiger partial charge in [0.15, 0.2) is 0 Å². The standard InChI is InChI=1S/C4H4IN2.Tl/c1-3-4(5)7-2-6-3;/h2H,1H3;/q-1;+1. The predicted molar refractivity (Wildman–Crippen MR) is 40.8 cm³/mol. The van der Waals surface area contributed by atoms with Crippen LogP contribution in [0.15, 0.2) is 6.33 Å². The van der Waals surface area contributed by atoms with Crippen molar-refractivity contribution in [1.29, 1.82) is 0 Å². The van der Waals surface area contributed by atoms with E-state index in [1.54, 1.807) is 0 Å². The van der Waals surface area contributed by atoms with Crippen LogP contribution in [-0.2, 0) is 0 Å². The molecule has 0 fully saturated rings. The van der Waals surface area contributed by atoms with Crippen LogP contribution in [0.2, 0.25) is 0 Å². The Morgan fingerprint density at radius 2 is 2.50 bits per heavy atom. The number of hydrogen-bond acceptors (Lipinski definition) is 1. The molecule has 0 aromatic carbocycles. The zero-order valence-corrected chi connectivity index (χ0v) is 11.1. The van der Waals surface area contributed by atoms with Crippen molar-refractivity contribution < 1.29 is 0 Å². The van der Waals surface area contributed by atoms with Crippen LogP contribution in [0.4, 0.5) is 0 Å². The van der Waals surface area contributed by atoms with Crippen LogP contribution >= 0.6 is 22.6 Å². The van der Waals surface area contributed by atoms with Crippen molar-refractivity contribution in [3.8, 4) is 0 Å². The third-order valence-corrected chi connectivity index (χ3v) is 4.06. The van der Waals surface area contributed by atoms with Crippen molar-refractivity contribution in [3.05, 3.63) is 15.7 Å². The van der Waals surface area contributed by atoms with Gasteiger partial charge in [-0.3, -0.25) is 0 Å². The summed E-state index contributed by atoms with van der Waals surface area (Å²) in [5, 5.41) is 0. The zero-order chi connectivity index (χ0) is 6.15. The van der Waals surface area contributed by atoms with E-state index in [-0.39, 0.29) is 0 Å². The van der Waals surface area contributed by atoms with Crippen molar-refractivity contribution in [2.75, 3.05) is 0 Å². The SMILES string of the molecule is Cc1c(I)nc[n]1[Tl]. The molecule has 0 N–H and O–H groups in total. The third kappa shape index (κ3) is 1.23. The van der Waals surface area contributed by atoms with Gasteiger partial charge in [0.05, 0.1) is 0 Å². The Bertz CT molecular complexity index is 176. The van der Waals surface area contributed by atoms with Crippen LogP contribution < -0.4 is 0 Å². The van der Waals surface area contributed by atoms with Gasteiger partial charge in [0, 0.05) is 0 Å². The zero-order valence-electron chi connectivity index (χ0n) is 4.43. The Kier molecular flexibility index (Phi) is 2.29. The van der Waals surface area contributed by atoms with Gasteiger partial charge in [-0.05, 0) is 0 Å². The molecular formula is C4H4IN2Tl. The van der Waals surface area contributed by atoms with Gasteiger partial charge in [0.1, 0.15) is 0 Å². The number of hydrogen-bond donors (Lipinski definition) is 0. The average molecular weight is 411 g/mol. The summed E-state index contributed by atoms with van der Waals surface area (Å²) < 4.78 is 3.30. The van der Waals surface area contributed by atoms with Gasteiger partial charge in [-0.2, -0.15) is 0 Å². The van der Waals surface area contributed by atoms with E-state index in [0.29, 0.717) is 0 Å². The number of rotatable bonds is 0. The van der Waals surface area contributed by atoms with Gasteiger partial charge < -0.3 is 0 Å². The molecule has 4 heteroatoms. The molecule has 1 aromatic heterocycles. The maximum atomic E-state index is 4.11. The molecule has 8 heavy (non-hydrogen) atoms. The third-order valence-electron chi connectivity index (χ3n) is 0.981. The molecule has 0 bridgehead atoms. The van der Waals surface area contributed by atoms with E-state index >= 15 is 0 Å².